The van der Waals surface area contributed by atoms with Crippen molar-refractivity contribution >= 4 is 27.3 Å². The van der Waals surface area contributed by atoms with Gasteiger partial charge >= 0.3 is 0 Å². The van der Waals surface area contributed by atoms with E-state index in [9.17, 15) is 5.11 Å². The smallest absolute Gasteiger partial charge is 0.119 e. The zero-order chi connectivity index (χ0) is 14.0. The van der Waals surface area contributed by atoms with Crippen LogP contribution in [0.25, 0.3) is 0 Å². The highest BCUT2D eigenvalue weighted by molar-refractivity contribution is 9.10. The Morgan fingerprint density at radius 1 is 1.37 bits per heavy atom. The topological polar surface area (TPSA) is 29.5 Å². The average molecular weight is 341 g/mol. The molecule has 0 radical (unpaired) electrons. The average Bonchev–Trinajstić information content (AvgIpc) is 2.79. The molecule has 0 amide bonds. The normalized spacial score (nSPS) is 14.2. The second-order valence-electron chi connectivity index (χ2n) is 4.84. The van der Waals surface area contributed by atoms with E-state index in [1.807, 2.05) is 43.5 Å². The molecule has 0 aliphatic carbocycles. The van der Waals surface area contributed by atoms with Gasteiger partial charge in [-0.05, 0) is 54.6 Å². The van der Waals surface area contributed by atoms with Crippen molar-refractivity contribution in [1.82, 2.24) is 0 Å². The lowest BCUT2D eigenvalue weighted by Gasteiger charge is -2.24. The molecule has 0 aliphatic rings. The number of hydrogen-bond acceptors (Lipinski definition) is 3. The molecule has 102 valence electrons. The first-order valence-electron chi connectivity index (χ1n) is 6.03. The third kappa shape index (κ3) is 3.19. The van der Waals surface area contributed by atoms with Crippen molar-refractivity contribution < 1.29 is 9.84 Å². The lowest BCUT2D eigenvalue weighted by Crippen LogP contribution is -2.24. The second-order valence-corrected chi connectivity index (χ2v) is 6.61. The minimum atomic E-state index is -0.868. The van der Waals surface area contributed by atoms with E-state index in [1.54, 1.807) is 18.4 Å². The number of halogens is 1. The first-order valence-corrected chi connectivity index (χ1v) is 7.70. The summed E-state index contributed by atoms with van der Waals surface area (Å²) >= 11 is 5.13. The minimum Gasteiger partial charge on any atom is -0.497 e. The highest BCUT2D eigenvalue weighted by atomic mass is 79.9. The van der Waals surface area contributed by atoms with Gasteiger partial charge in [0.2, 0.25) is 0 Å². The Kier molecular flexibility index (Phi) is 4.33. The molecule has 19 heavy (non-hydrogen) atoms. The van der Waals surface area contributed by atoms with Crippen LogP contribution >= 0.6 is 27.3 Å². The summed E-state index contributed by atoms with van der Waals surface area (Å²) in [4.78, 5) is 1.02. The summed E-state index contributed by atoms with van der Waals surface area (Å²) in [6, 6.07) is 7.85. The molecule has 1 N–H and O–H groups in total. The molecule has 1 unspecified atom stereocenters. The summed E-state index contributed by atoms with van der Waals surface area (Å²) in [6.45, 7) is 3.89. The van der Waals surface area contributed by atoms with Crippen LogP contribution in [-0.4, -0.2) is 12.2 Å². The Bertz CT molecular complexity index is 575. The van der Waals surface area contributed by atoms with Gasteiger partial charge in [-0.15, -0.1) is 11.3 Å². The molecular formula is C15H17BrO2S. The molecule has 0 fully saturated rings. The largest absolute Gasteiger partial charge is 0.497 e. The van der Waals surface area contributed by atoms with Gasteiger partial charge in [0.15, 0.2) is 0 Å². The van der Waals surface area contributed by atoms with E-state index in [2.05, 4.69) is 15.9 Å². The number of thiophene rings is 1. The van der Waals surface area contributed by atoms with E-state index in [1.165, 1.54) is 0 Å². The van der Waals surface area contributed by atoms with Crippen LogP contribution in [0.1, 0.15) is 22.9 Å². The maximum Gasteiger partial charge on any atom is 0.119 e. The molecule has 2 nitrogen and oxygen atoms in total. The SMILES string of the molecule is COc1ccc(Br)c(CC(C)(O)c2sccc2C)c1. The highest BCUT2D eigenvalue weighted by Crippen LogP contribution is 2.34. The van der Waals surface area contributed by atoms with Gasteiger partial charge in [0.05, 0.1) is 7.11 Å². The fourth-order valence-electron chi connectivity index (χ4n) is 2.19. The van der Waals surface area contributed by atoms with Crippen LogP contribution in [0.4, 0.5) is 0 Å². The zero-order valence-corrected chi connectivity index (χ0v) is 13.6. The third-order valence-corrected chi connectivity index (χ3v) is 5.18. The molecule has 1 aromatic carbocycles. The Balaban J connectivity index is 2.32. The van der Waals surface area contributed by atoms with Crippen molar-refractivity contribution in [2.75, 3.05) is 7.11 Å². The summed E-state index contributed by atoms with van der Waals surface area (Å²) in [6.07, 6.45) is 0.548. The summed E-state index contributed by atoms with van der Waals surface area (Å²) in [5.41, 5.74) is 1.30. The number of rotatable bonds is 4. The monoisotopic (exact) mass is 340 g/mol. The molecule has 1 atom stereocenters. The second kappa shape index (κ2) is 5.65. The first kappa shape index (κ1) is 14.6. The zero-order valence-electron chi connectivity index (χ0n) is 11.2. The van der Waals surface area contributed by atoms with Crippen LogP contribution < -0.4 is 4.74 Å². The summed E-state index contributed by atoms with van der Waals surface area (Å²) < 4.78 is 6.23. The van der Waals surface area contributed by atoms with Crippen LogP contribution in [0.15, 0.2) is 34.1 Å². The number of hydrogen-bond donors (Lipinski definition) is 1. The first-order chi connectivity index (χ1) is 8.94. The fourth-order valence-corrected chi connectivity index (χ4v) is 3.56. The molecule has 1 aromatic heterocycles. The van der Waals surface area contributed by atoms with Crippen LogP contribution in [0.5, 0.6) is 5.75 Å². The number of benzene rings is 1. The van der Waals surface area contributed by atoms with E-state index >= 15 is 0 Å². The maximum absolute atomic E-state index is 10.7. The minimum absolute atomic E-state index is 0.548. The van der Waals surface area contributed by atoms with E-state index < -0.39 is 5.60 Å². The highest BCUT2D eigenvalue weighted by Gasteiger charge is 2.27. The summed E-state index contributed by atoms with van der Waals surface area (Å²) in [7, 11) is 1.65. The molecule has 0 saturated heterocycles. The van der Waals surface area contributed by atoms with Gasteiger partial charge in [0.1, 0.15) is 11.4 Å². The van der Waals surface area contributed by atoms with Gasteiger partial charge in [0, 0.05) is 15.8 Å². The van der Waals surface area contributed by atoms with Crippen molar-refractivity contribution in [3.8, 4) is 5.75 Å². The molecule has 1 heterocycles. The van der Waals surface area contributed by atoms with Crippen LogP contribution in [0, 0.1) is 6.92 Å². The van der Waals surface area contributed by atoms with Gasteiger partial charge in [-0.25, -0.2) is 0 Å². The van der Waals surface area contributed by atoms with Gasteiger partial charge in [-0.2, -0.15) is 0 Å². The summed E-state index contributed by atoms with van der Waals surface area (Å²) in [5, 5.41) is 12.8. The van der Waals surface area contributed by atoms with Crippen LogP contribution in [0.2, 0.25) is 0 Å². The molecule has 4 heteroatoms. The predicted octanol–water partition coefficient (Wildman–Crippen LogP) is 4.28. The molecule has 2 aromatic rings. The summed E-state index contributed by atoms with van der Waals surface area (Å²) in [5.74, 6) is 0.803. The van der Waals surface area contributed by atoms with Gasteiger partial charge in [-0.1, -0.05) is 15.9 Å². The van der Waals surface area contributed by atoms with Gasteiger partial charge in [0.25, 0.3) is 0 Å². The lowest BCUT2D eigenvalue weighted by molar-refractivity contribution is 0.0607. The van der Waals surface area contributed by atoms with Crippen molar-refractivity contribution in [3.63, 3.8) is 0 Å². The maximum atomic E-state index is 10.7. The van der Waals surface area contributed by atoms with E-state index in [0.29, 0.717) is 6.42 Å². The molecule has 2 rings (SSSR count). The molecular weight excluding hydrogens is 324 g/mol. The molecule has 0 saturated carbocycles. The quantitative estimate of drug-likeness (QED) is 0.900. The van der Waals surface area contributed by atoms with Crippen LogP contribution in [-0.2, 0) is 12.0 Å². The predicted molar refractivity (Wildman–Crippen MR) is 83.0 cm³/mol. The van der Waals surface area contributed by atoms with Crippen molar-refractivity contribution in [1.29, 1.82) is 0 Å². The fraction of sp³-hybridized carbons (Fsp3) is 0.333. The third-order valence-electron chi connectivity index (χ3n) is 3.14. The number of aryl methyl sites for hydroxylation is 1. The van der Waals surface area contributed by atoms with Crippen molar-refractivity contribution in [2.45, 2.75) is 25.9 Å². The van der Waals surface area contributed by atoms with Gasteiger partial charge in [-0.3, -0.25) is 0 Å². The molecule has 0 aliphatic heterocycles. The Labute approximate surface area is 126 Å². The van der Waals surface area contributed by atoms with Crippen molar-refractivity contribution in [3.05, 3.63) is 50.1 Å². The Hall–Kier alpha value is -0.840. The standard InChI is InChI=1S/C15H17BrO2S/c1-10-6-7-19-14(10)15(2,17)9-11-8-12(18-3)4-5-13(11)16/h4-8,17H,9H2,1-3H3. The van der Waals surface area contributed by atoms with Crippen LogP contribution in [0.3, 0.4) is 0 Å². The van der Waals surface area contributed by atoms with Gasteiger partial charge < -0.3 is 9.84 Å². The van der Waals surface area contributed by atoms with E-state index in [4.69, 9.17) is 4.74 Å². The van der Waals surface area contributed by atoms with E-state index in [0.717, 1.165) is 26.2 Å². The molecule has 0 bridgehead atoms. The lowest BCUT2D eigenvalue weighted by atomic mass is 9.93. The van der Waals surface area contributed by atoms with E-state index in [-0.39, 0.29) is 0 Å². The Morgan fingerprint density at radius 3 is 2.68 bits per heavy atom. The van der Waals surface area contributed by atoms with Crippen molar-refractivity contribution in [2.24, 2.45) is 0 Å². The number of aliphatic hydroxyl groups is 1. The molecule has 0 spiro atoms. The Morgan fingerprint density at radius 2 is 2.11 bits per heavy atom. The number of ether oxygens (including phenoxy) is 1. The number of methoxy groups -OCH3 is 1.